The van der Waals surface area contributed by atoms with Crippen LogP contribution in [0.1, 0.15) is 35.2 Å². The summed E-state index contributed by atoms with van der Waals surface area (Å²) in [7, 11) is 0. The Hall–Kier alpha value is -2.66. The van der Waals surface area contributed by atoms with Crippen molar-refractivity contribution in [2.24, 2.45) is 0 Å². The summed E-state index contributed by atoms with van der Waals surface area (Å²) in [6.45, 7) is 0.969. The molecule has 1 heterocycles. The van der Waals surface area contributed by atoms with Crippen molar-refractivity contribution in [1.82, 2.24) is 0 Å². The van der Waals surface area contributed by atoms with Crippen molar-refractivity contribution in [3.63, 3.8) is 0 Å². The smallest absolute Gasteiger partial charge is 0.338 e. The molecule has 0 aromatic heterocycles. The lowest BCUT2D eigenvalue weighted by atomic mass is 10.1. The molecule has 0 bridgehead atoms. The molecule has 5 heteroatoms. The first-order valence-corrected chi connectivity index (χ1v) is 8.84. The third-order valence-electron chi connectivity index (χ3n) is 4.19. The van der Waals surface area contributed by atoms with Gasteiger partial charge in [-0.2, -0.15) is 0 Å². The van der Waals surface area contributed by atoms with Gasteiger partial charge < -0.3 is 14.2 Å². The molecule has 1 atom stereocenters. The summed E-state index contributed by atoms with van der Waals surface area (Å²) in [6, 6.07) is 16.2. The molecule has 0 spiro atoms. The number of rotatable bonds is 7. The van der Waals surface area contributed by atoms with Crippen molar-refractivity contribution >= 4 is 11.9 Å². The monoisotopic (exact) mass is 354 g/mol. The Balaban J connectivity index is 1.49. The Bertz CT molecular complexity index is 735. The molecule has 0 radical (unpaired) electrons. The first kappa shape index (κ1) is 18.1. The molecule has 2 aromatic rings. The maximum Gasteiger partial charge on any atom is 0.338 e. The van der Waals surface area contributed by atoms with E-state index in [1.165, 1.54) is 6.07 Å². The van der Waals surface area contributed by atoms with Crippen molar-refractivity contribution < 1.29 is 23.8 Å². The summed E-state index contributed by atoms with van der Waals surface area (Å²) in [5.74, 6) is -0.434. The van der Waals surface area contributed by atoms with E-state index in [1.54, 1.807) is 18.2 Å². The van der Waals surface area contributed by atoms with Gasteiger partial charge in [0.2, 0.25) is 0 Å². The van der Waals surface area contributed by atoms with Crippen LogP contribution in [0.4, 0.5) is 0 Å². The molecule has 0 aliphatic carbocycles. The molecule has 1 aliphatic rings. The highest BCUT2D eigenvalue weighted by Gasteiger charge is 2.18. The molecule has 1 saturated heterocycles. The Labute approximate surface area is 152 Å². The van der Waals surface area contributed by atoms with Crippen LogP contribution in [0.15, 0.2) is 54.6 Å². The number of ether oxygens (including phenoxy) is 3. The van der Waals surface area contributed by atoms with Crippen molar-refractivity contribution in [3.8, 4) is 5.75 Å². The lowest BCUT2D eigenvalue weighted by molar-refractivity contribution is -0.134. The largest absolute Gasteiger partial charge is 0.459 e. The van der Waals surface area contributed by atoms with Gasteiger partial charge >= 0.3 is 11.9 Å². The molecule has 3 rings (SSSR count). The highest BCUT2D eigenvalue weighted by molar-refractivity contribution is 5.90. The molecule has 1 unspecified atom stereocenters. The third kappa shape index (κ3) is 5.43. The van der Waals surface area contributed by atoms with E-state index in [1.807, 2.05) is 30.3 Å². The molecule has 2 aromatic carbocycles. The molecule has 1 aliphatic heterocycles. The molecule has 1 fully saturated rings. The van der Waals surface area contributed by atoms with Crippen molar-refractivity contribution in [2.45, 2.75) is 31.8 Å². The van der Waals surface area contributed by atoms with Crippen molar-refractivity contribution in [1.29, 1.82) is 0 Å². The number of hydrogen-bond acceptors (Lipinski definition) is 5. The van der Waals surface area contributed by atoms with Gasteiger partial charge in [0.15, 0.2) is 0 Å². The number of esters is 2. The van der Waals surface area contributed by atoms with E-state index < -0.39 is 5.97 Å². The summed E-state index contributed by atoms with van der Waals surface area (Å²) < 4.78 is 16.0. The van der Waals surface area contributed by atoms with Crippen LogP contribution in [0.5, 0.6) is 5.75 Å². The van der Waals surface area contributed by atoms with Crippen LogP contribution in [0.2, 0.25) is 0 Å². The fourth-order valence-corrected chi connectivity index (χ4v) is 2.79. The summed E-state index contributed by atoms with van der Waals surface area (Å²) in [5.41, 5.74) is 1.44. The molecule has 5 nitrogen and oxygen atoms in total. The van der Waals surface area contributed by atoms with Gasteiger partial charge in [0.05, 0.1) is 11.7 Å². The fraction of sp³-hybridized carbons (Fsp3) is 0.333. The third-order valence-corrected chi connectivity index (χ3v) is 4.19. The minimum atomic E-state index is -0.442. The quantitative estimate of drug-likeness (QED) is 0.562. The highest BCUT2D eigenvalue weighted by Crippen LogP contribution is 2.17. The van der Waals surface area contributed by atoms with E-state index in [9.17, 15) is 9.59 Å². The zero-order valence-corrected chi connectivity index (χ0v) is 14.6. The van der Waals surface area contributed by atoms with Crippen LogP contribution in [-0.2, 0) is 20.7 Å². The van der Waals surface area contributed by atoms with Gasteiger partial charge in [0, 0.05) is 13.0 Å². The fourth-order valence-electron chi connectivity index (χ4n) is 2.79. The van der Waals surface area contributed by atoms with Crippen LogP contribution in [-0.4, -0.2) is 31.3 Å². The van der Waals surface area contributed by atoms with E-state index in [4.69, 9.17) is 14.2 Å². The van der Waals surface area contributed by atoms with Gasteiger partial charge in [0.25, 0.3) is 0 Å². The predicted octanol–water partition coefficient (Wildman–Crippen LogP) is 3.56. The Morgan fingerprint density at radius 3 is 2.69 bits per heavy atom. The number of carbonyl (C=O) groups is 2. The van der Waals surface area contributed by atoms with Crippen LogP contribution >= 0.6 is 0 Å². The number of carbonyl (C=O) groups excluding carboxylic acids is 2. The molecular weight excluding hydrogens is 332 g/mol. The number of aryl methyl sites for hydroxylation is 1. The summed E-state index contributed by atoms with van der Waals surface area (Å²) in [5, 5.41) is 0. The lowest BCUT2D eigenvalue weighted by Gasteiger charge is -2.11. The zero-order valence-electron chi connectivity index (χ0n) is 14.6. The molecule has 0 amide bonds. The number of benzene rings is 2. The Morgan fingerprint density at radius 2 is 1.92 bits per heavy atom. The van der Waals surface area contributed by atoms with Gasteiger partial charge in [-0.25, -0.2) is 4.79 Å². The second-order valence-electron chi connectivity index (χ2n) is 6.22. The predicted molar refractivity (Wildman–Crippen MR) is 96.1 cm³/mol. The summed E-state index contributed by atoms with van der Waals surface area (Å²) in [4.78, 5) is 24.1. The maximum absolute atomic E-state index is 12.1. The topological polar surface area (TPSA) is 61.8 Å². The van der Waals surface area contributed by atoms with Gasteiger partial charge in [-0.05, 0) is 43.0 Å². The van der Waals surface area contributed by atoms with Crippen LogP contribution in [0, 0.1) is 0 Å². The van der Waals surface area contributed by atoms with E-state index >= 15 is 0 Å². The second kappa shape index (κ2) is 9.15. The summed E-state index contributed by atoms with van der Waals surface area (Å²) >= 11 is 0. The molecule has 136 valence electrons. The molecule has 0 saturated carbocycles. The Morgan fingerprint density at radius 1 is 1.08 bits per heavy atom. The Kier molecular flexibility index (Phi) is 6.39. The van der Waals surface area contributed by atoms with Gasteiger partial charge in [-0.1, -0.05) is 36.4 Å². The van der Waals surface area contributed by atoms with Gasteiger partial charge in [-0.3, -0.25) is 4.79 Å². The summed E-state index contributed by atoms with van der Waals surface area (Å²) in [6.07, 6.45) is 2.78. The molecule has 26 heavy (non-hydrogen) atoms. The highest BCUT2D eigenvalue weighted by atomic mass is 16.6. The average molecular weight is 354 g/mol. The average Bonchev–Trinajstić information content (AvgIpc) is 3.19. The minimum absolute atomic E-state index is 0.0158. The van der Waals surface area contributed by atoms with E-state index in [0.717, 1.165) is 25.0 Å². The first-order chi connectivity index (χ1) is 12.7. The SMILES string of the molecule is O=C(CCc1ccccc1)Oc1cccc(C(=O)OCC2CCCO2)c1. The lowest BCUT2D eigenvalue weighted by Crippen LogP contribution is -2.18. The normalized spacial score (nSPS) is 16.2. The van der Waals surface area contributed by atoms with E-state index in [-0.39, 0.29) is 25.1 Å². The number of hydrogen-bond donors (Lipinski definition) is 0. The van der Waals surface area contributed by atoms with Crippen LogP contribution in [0.3, 0.4) is 0 Å². The minimum Gasteiger partial charge on any atom is -0.459 e. The van der Waals surface area contributed by atoms with Gasteiger partial charge in [0.1, 0.15) is 12.4 Å². The van der Waals surface area contributed by atoms with Crippen molar-refractivity contribution in [3.05, 3.63) is 65.7 Å². The maximum atomic E-state index is 12.1. The van der Waals surface area contributed by atoms with Crippen LogP contribution < -0.4 is 4.74 Å². The first-order valence-electron chi connectivity index (χ1n) is 8.84. The van der Waals surface area contributed by atoms with Crippen molar-refractivity contribution in [2.75, 3.05) is 13.2 Å². The second-order valence-corrected chi connectivity index (χ2v) is 6.22. The molecule has 0 N–H and O–H groups in total. The van der Waals surface area contributed by atoms with E-state index in [0.29, 0.717) is 17.7 Å². The van der Waals surface area contributed by atoms with Crippen LogP contribution in [0.25, 0.3) is 0 Å². The standard InChI is InChI=1S/C21H22O5/c22-20(12-11-16-6-2-1-3-7-16)26-18-9-4-8-17(14-18)21(23)25-15-19-10-5-13-24-19/h1-4,6-9,14,19H,5,10-13,15H2. The zero-order chi connectivity index (χ0) is 18.2. The molecular formula is C21H22O5. The van der Waals surface area contributed by atoms with E-state index in [2.05, 4.69) is 0 Å². The van der Waals surface area contributed by atoms with Gasteiger partial charge in [-0.15, -0.1) is 0 Å².